The number of nitrogens with two attached hydrogens (primary N) is 1. The number of nitro benzene ring substituents is 1. The normalized spacial score (nSPS) is 11.7. The van der Waals surface area contributed by atoms with E-state index in [2.05, 4.69) is 21.2 Å². The average molecular weight is 380 g/mol. The number of aromatic hydroxyl groups is 1. The minimum absolute atomic E-state index is 0.0371. The quantitative estimate of drug-likeness (QED) is 0.428. The molecule has 4 N–H and O–H groups in total. The fourth-order valence-electron chi connectivity index (χ4n) is 2.11. The van der Waals surface area contributed by atoms with Crippen LogP contribution in [-0.2, 0) is 0 Å². The van der Waals surface area contributed by atoms with Gasteiger partial charge in [0.2, 0.25) is 0 Å². The molecule has 120 valence electrons. The van der Waals surface area contributed by atoms with Crippen molar-refractivity contribution in [3.8, 4) is 5.75 Å². The molecule has 0 radical (unpaired) electrons. The van der Waals surface area contributed by atoms with Gasteiger partial charge < -0.3 is 16.2 Å². The highest BCUT2D eigenvalue weighted by Crippen LogP contribution is 2.31. The van der Waals surface area contributed by atoms with Crippen LogP contribution in [0.15, 0.2) is 40.9 Å². The van der Waals surface area contributed by atoms with Crippen molar-refractivity contribution in [2.24, 2.45) is 0 Å². The second kappa shape index (κ2) is 6.66. The summed E-state index contributed by atoms with van der Waals surface area (Å²) in [4.78, 5) is 22.4. The minimum atomic E-state index is -0.775. The fraction of sp³-hybridized carbons (Fsp3) is 0.133. The van der Waals surface area contributed by atoms with E-state index in [0.29, 0.717) is 0 Å². The molecule has 0 heterocycles. The van der Waals surface area contributed by atoms with Crippen LogP contribution in [0, 0.1) is 10.1 Å². The van der Waals surface area contributed by atoms with Crippen molar-refractivity contribution < 1.29 is 14.8 Å². The standard InChI is InChI=1S/C15H14BrN3O4/c1-8(9-4-2-3-5-11(9)16)18-15(21)10-6-13(19(22)23)14(20)7-12(10)17/h2-8,20H,17H2,1H3,(H,18,21)/t8-/m0/s1. The molecule has 0 saturated carbocycles. The highest BCUT2D eigenvalue weighted by atomic mass is 79.9. The molecule has 0 aliphatic carbocycles. The Hall–Kier alpha value is -2.61. The van der Waals surface area contributed by atoms with Crippen molar-refractivity contribution in [3.63, 3.8) is 0 Å². The Morgan fingerprint density at radius 1 is 1.39 bits per heavy atom. The fourth-order valence-corrected chi connectivity index (χ4v) is 2.74. The van der Waals surface area contributed by atoms with Crippen molar-refractivity contribution in [3.05, 3.63) is 62.1 Å². The topological polar surface area (TPSA) is 118 Å². The van der Waals surface area contributed by atoms with E-state index in [0.717, 1.165) is 22.2 Å². The van der Waals surface area contributed by atoms with Crippen LogP contribution in [0.25, 0.3) is 0 Å². The van der Waals surface area contributed by atoms with Gasteiger partial charge in [0.05, 0.1) is 16.5 Å². The van der Waals surface area contributed by atoms with Gasteiger partial charge in [-0.3, -0.25) is 14.9 Å². The number of nitrogen functional groups attached to an aromatic ring is 1. The van der Waals surface area contributed by atoms with Crippen LogP contribution in [0.5, 0.6) is 5.75 Å². The summed E-state index contributed by atoms with van der Waals surface area (Å²) >= 11 is 3.40. The summed E-state index contributed by atoms with van der Waals surface area (Å²) in [5.74, 6) is -1.14. The number of rotatable bonds is 4. The molecule has 0 aliphatic heterocycles. The Kier molecular flexibility index (Phi) is 4.85. The lowest BCUT2D eigenvalue weighted by Gasteiger charge is -2.16. The van der Waals surface area contributed by atoms with E-state index >= 15 is 0 Å². The van der Waals surface area contributed by atoms with Gasteiger partial charge in [-0.25, -0.2) is 0 Å². The molecule has 0 bridgehead atoms. The minimum Gasteiger partial charge on any atom is -0.502 e. The summed E-state index contributed by atoms with van der Waals surface area (Å²) in [6.45, 7) is 1.78. The number of amides is 1. The maximum Gasteiger partial charge on any atom is 0.311 e. The van der Waals surface area contributed by atoms with E-state index < -0.39 is 22.3 Å². The summed E-state index contributed by atoms with van der Waals surface area (Å²) < 4.78 is 0.831. The molecule has 0 spiro atoms. The van der Waals surface area contributed by atoms with Crippen LogP contribution in [0.4, 0.5) is 11.4 Å². The van der Waals surface area contributed by atoms with Crippen molar-refractivity contribution in [1.29, 1.82) is 0 Å². The molecule has 2 aromatic rings. The number of hydrogen-bond acceptors (Lipinski definition) is 5. The monoisotopic (exact) mass is 379 g/mol. The van der Waals surface area contributed by atoms with Crippen molar-refractivity contribution in [1.82, 2.24) is 5.32 Å². The van der Waals surface area contributed by atoms with Crippen LogP contribution in [0.3, 0.4) is 0 Å². The van der Waals surface area contributed by atoms with Gasteiger partial charge in [0, 0.05) is 22.3 Å². The first-order chi connectivity index (χ1) is 10.8. The highest BCUT2D eigenvalue weighted by Gasteiger charge is 2.22. The van der Waals surface area contributed by atoms with Crippen LogP contribution >= 0.6 is 15.9 Å². The van der Waals surface area contributed by atoms with E-state index in [1.165, 1.54) is 0 Å². The molecule has 1 amide bonds. The van der Waals surface area contributed by atoms with Gasteiger partial charge in [-0.15, -0.1) is 0 Å². The zero-order valence-corrected chi connectivity index (χ0v) is 13.7. The Labute approximate surface area is 140 Å². The van der Waals surface area contributed by atoms with Gasteiger partial charge in [0.25, 0.3) is 5.91 Å². The number of carbonyl (C=O) groups is 1. The van der Waals surface area contributed by atoms with Crippen molar-refractivity contribution >= 4 is 33.2 Å². The molecule has 0 aromatic heterocycles. The van der Waals surface area contributed by atoms with E-state index in [1.807, 2.05) is 24.3 Å². The summed E-state index contributed by atoms with van der Waals surface area (Å²) in [5, 5.41) is 23.1. The number of nitrogens with one attached hydrogen (secondary N) is 1. The number of nitrogens with zero attached hydrogens (tertiary/aromatic N) is 1. The molecule has 2 aromatic carbocycles. The Morgan fingerprint density at radius 2 is 2.04 bits per heavy atom. The predicted octanol–water partition coefficient (Wildman–Crippen LogP) is 3.14. The molecule has 7 nitrogen and oxygen atoms in total. The van der Waals surface area contributed by atoms with Gasteiger partial charge in [0.15, 0.2) is 5.75 Å². The Morgan fingerprint density at radius 3 is 2.65 bits per heavy atom. The largest absolute Gasteiger partial charge is 0.502 e. The molecule has 0 unspecified atom stereocenters. The highest BCUT2D eigenvalue weighted by molar-refractivity contribution is 9.10. The summed E-state index contributed by atoms with van der Waals surface area (Å²) in [6, 6.07) is 9.00. The second-order valence-corrected chi connectivity index (χ2v) is 5.76. The third-order valence-electron chi connectivity index (χ3n) is 3.31. The van der Waals surface area contributed by atoms with E-state index in [1.54, 1.807) is 6.92 Å². The predicted molar refractivity (Wildman–Crippen MR) is 89.2 cm³/mol. The third-order valence-corrected chi connectivity index (χ3v) is 4.03. The average Bonchev–Trinajstić information content (AvgIpc) is 2.46. The van der Waals surface area contributed by atoms with Crippen molar-refractivity contribution in [2.45, 2.75) is 13.0 Å². The lowest BCUT2D eigenvalue weighted by Crippen LogP contribution is -2.27. The molecule has 2 rings (SSSR count). The molecular formula is C15H14BrN3O4. The smallest absolute Gasteiger partial charge is 0.311 e. The number of phenolic OH excluding ortho intramolecular Hbond substituents is 1. The number of nitro groups is 1. The van der Waals surface area contributed by atoms with Gasteiger partial charge in [-0.1, -0.05) is 34.1 Å². The lowest BCUT2D eigenvalue weighted by atomic mass is 10.1. The first kappa shape index (κ1) is 16.8. The van der Waals surface area contributed by atoms with Crippen molar-refractivity contribution in [2.75, 3.05) is 5.73 Å². The number of hydrogen-bond donors (Lipinski definition) is 3. The zero-order valence-electron chi connectivity index (χ0n) is 12.1. The summed E-state index contributed by atoms with van der Waals surface area (Å²) in [5.41, 5.74) is 5.87. The maximum absolute atomic E-state index is 12.3. The molecule has 1 atom stereocenters. The van der Waals surface area contributed by atoms with Gasteiger partial charge in [0.1, 0.15) is 0 Å². The molecule has 23 heavy (non-hydrogen) atoms. The van der Waals surface area contributed by atoms with Crippen LogP contribution < -0.4 is 11.1 Å². The Bertz CT molecular complexity index is 779. The molecule has 8 heteroatoms. The SMILES string of the molecule is C[C@H](NC(=O)c1cc([N+](=O)[O-])c(O)cc1N)c1ccccc1Br. The first-order valence-electron chi connectivity index (χ1n) is 6.63. The number of anilines is 1. The number of halogens is 1. The molecule has 0 aliphatic rings. The van der Waals surface area contributed by atoms with Crippen LogP contribution in [0.2, 0.25) is 0 Å². The zero-order chi connectivity index (χ0) is 17.1. The molecule has 0 saturated heterocycles. The number of phenols is 1. The number of carbonyl (C=O) groups excluding carboxylic acids is 1. The maximum atomic E-state index is 12.3. The van der Waals surface area contributed by atoms with E-state index in [4.69, 9.17) is 5.73 Å². The number of benzene rings is 2. The Balaban J connectivity index is 2.29. The first-order valence-corrected chi connectivity index (χ1v) is 7.42. The van der Waals surface area contributed by atoms with Crippen LogP contribution in [-0.4, -0.2) is 15.9 Å². The van der Waals surface area contributed by atoms with Gasteiger partial charge in [-0.05, 0) is 18.6 Å². The van der Waals surface area contributed by atoms with E-state index in [9.17, 15) is 20.0 Å². The second-order valence-electron chi connectivity index (χ2n) is 4.90. The molecular weight excluding hydrogens is 366 g/mol. The lowest BCUT2D eigenvalue weighted by molar-refractivity contribution is -0.385. The van der Waals surface area contributed by atoms with Gasteiger partial charge >= 0.3 is 5.69 Å². The third kappa shape index (κ3) is 3.59. The van der Waals surface area contributed by atoms with Crippen LogP contribution in [0.1, 0.15) is 28.9 Å². The van der Waals surface area contributed by atoms with E-state index in [-0.39, 0.29) is 17.3 Å². The summed E-state index contributed by atoms with van der Waals surface area (Å²) in [6.07, 6.45) is 0. The molecule has 0 fully saturated rings. The van der Waals surface area contributed by atoms with Gasteiger partial charge in [-0.2, -0.15) is 0 Å². The summed E-state index contributed by atoms with van der Waals surface area (Å²) in [7, 11) is 0.